The number of rotatable bonds is 8. The van der Waals surface area contributed by atoms with Crippen molar-refractivity contribution in [1.82, 2.24) is 0 Å². The lowest BCUT2D eigenvalue weighted by atomic mass is 9.86. The van der Waals surface area contributed by atoms with Crippen LogP contribution in [0.25, 0.3) is 54.9 Å². The first kappa shape index (κ1) is 28.5. The van der Waals surface area contributed by atoms with Crippen LogP contribution in [0.1, 0.15) is 0 Å². The molecule has 0 saturated heterocycles. The molecule has 7 rings (SSSR count). The molecule has 0 aliphatic carbocycles. The molecule has 0 aliphatic rings. The summed E-state index contributed by atoms with van der Waals surface area (Å²) in [7, 11) is -0.760. The molecule has 0 heterocycles. The van der Waals surface area contributed by atoms with Crippen LogP contribution in [0.2, 0.25) is 0 Å². The summed E-state index contributed by atoms with van der Waals surface area (Å²) in [5, 5.41) is 8.86. The van der Waals surface area contributed by atoms with Crippen molar-refractivity contribution >= 4 is 40.1 Å². The van der Waals surface area contributed by atoms with E-state index in [4.69, 9.17) is 0 Å². The average Bonchev–Trinajstić information content (AvgIpc) is 3.11. The monoisotopic (exact) mass is 592 g/mol. The molecule has 0 N–H and O–H groups in total. The zero-order valence-electron chi connectivity index (χ0n) is 25.1. The summed E-state index contributed by atoms with van der Waals surface area (Å²) in [4.78, 5) is 0. The summed E-state index contributed by atoms with van der Waals surface area (Å²) in [6, 6.07) is 57.2. The van der Waals surface area contributed by atoms with E-state index in [2.05, 4.69) is 177 Å². The van der Waals surface area contributed by atoms with E-state index in [0.29, 0.717) is 0 Å². The minimum absolute atomic E-state index is 0.760. The molecular weight excluding hydrogens is 559 g/mol. The van der Waals surface area contributed by atoms with Crippen molar-refractivity contribution in [3.05, 3.63) is 194 Å². The van der Waals surface area contributed by atoms with E-state index in [1.165, 1.54) is 70.8 Å². The second-order valence-electron chi connectivity index (χ2n) is 11.0. The van der Waals surface area contributed by atoms with Crippen LogP contribution in [-0.2, 0) is 0 Å². The molecule has 0 bridgehead atoms. The fourth-order valence-electron chi connectivity index (χ4n) is 6.39. The molecule has 0 radical (unpaired) electrons. The minimum atomic E-state index is -0.760. The summed E-state index contributed by atoms with van der Waals surface area (Å²) >= 11 is 0. The molecule has 0 saturated carbocycles. The summed E-state index contributed by atoms with van der Waals surface area (Å²) < 4.78 is 0. The Hall–Kier alpha value is -5.29. The Bertz CT molecular complexity index is 2110. The van der Waals surface area contributed by atoms with Gasteiger partial charge in [0.25, 0.3) is 0 Å². The summed E-state index contributed by atoms with van der Waals surface area (Å²) in [6.07, 6.45) is 5.92. The summed E-state index contributed by atoms with van der Waals surface area (Å²) in [5.74, 6) is 0. The number of benzene rings is 7. The molecule has 1 unspecified atom stereocenters. The Morgan fingerprint density at radius 3 is 1.40 bits per heavy atom. The van der Waals surface area contributed by atoms with E-state index >= 15 is 0 Å². The van der Waals surface area contributed by atoms with Gasteiger partial charge in [0, 0.05) is 0 Å². The van der Waals surface area contributed by atoms with Gasteiger partial charge in [-0.1, -0.05) is 183 Å². The third kappa shape index (κ3) is 5.46. The maximum Gasteiger partial charge on any atom is -0.00264 e. The SMILES string of the molecule is C=C/C=C(\C=C)P(c1ccccc1)c1cccc(-c2ccc(-c3c4ccccc4c(-c4ccccc4)c4ccccc34)cc2)c1. The Labute approximate surface area is 267 Å². The second-order valence-corrected chi connectivity index (χ2v) is 13.3. The van der Waals surface area contributed by atoms with Gasteiger partial charge in [0.2, 0.25) is 0 Å². The zero-order valence-corrected chi connectivity index (χ0v) is 26.0. The number of hydrogen-bond acceptors (Lipinski definition) is 0. The third-order valence-electron chi connectivity index (χ3n) is 8.38. The van der Waals surface area contributed by atoms with E-state index in [1.54, 1.807) is 0 Å². The van der Waals surface area contributed by atoms with Crippen LogP contribution in [0.4, 0.5) is 0 Å². The molecule has 1 heteroatoms. The molecule has 0 spiro atoms. The van der Waals surface area contributed by atoms with Crippen LogP contribution >= 0.6 is 7.92 Å². The highest BCUT2D eigenvalue weighted by Crippen LogP contribution is 2.45. The summed E-state index contributed by atoms with van der Waals surface area (Å²) in [6.45, 7) is 8.10. The maximum atomic E-state index is 4.14. The van der Waals surface area contributed by atoms with Gasteiger partial charge in [-0.05, 0) is 84.8 Å². The van der Waals surface area contributed by atoms with Crippen LogP contribution in [0.3, 0.4) is 0 Å². The summed E-state index contributed by atoms with van der Waals surface area (Å²) in [5.41, 5.74) is 7.43. The topological polar surface area (TPSA) is 0 Å². The molecule has 1 atom stereocenters. The van der Waals surface area contributed by atoms with E-state index in [9.17, 15) is 0 Å². The smallest absolute Gasteiger partial charge is 0.00264 e. The molecule has 7 aromatic rings. The van der Waals surface area contributed by atoms with Crippen molar-refractivity contribution in [3.63, 3.8) is 0 Å². The molecule has 0 aromatic heterocycles. The molecule has 214 valence electrons. The Morgan fingerprint density at radius 2 is 0.867 bits per heavy atom. The quantitative estimate of drug-likeness (QED) is 0.0935. The van der Waals surface area contributed by atoms with E-state index in [0.717, 1.165) is 0 Å². The Kier molecular flexibility index (Phi) is 8.07. The van der Waals surface area contributed by atoms with Gasteiger partial charge in [0.05, 0.1) is 0 Å². The van der Waals surface area contributed by atoms with Gasteiger partial charge in [0.1, 0.15) is 0 Å². The van der Waals surface area contributed by atoms with Gasteiger partial charge in [-0.2, -0.15) is 0 Å². The standard InChI is InChI=1S/C44H33P/c1-3-16-36(4-2)45(37-20-9-6-10-21-37)38-22-15-19-35(31-38)32-27-29-34(30-28-32)44-41-25-13-11-23-39(41)43(33-17-7-5-8-18-33)40-24-12-14-26-42(40)44/h3-31H,1-2H2/b36-16+. The lowest BCUT2D eigenvalue weighted by Gasteiger charge is -2.21. The Morgan fingerprint density at radius 1 is 0.422 bits per heavy atom. The van der Waals surface area contributed by atoms with Gasteiger partial charge in [-0.3, -0.25) is 0 Å². The van der Waals surface area contributed by atoms with Crippen LogP contribution in [-0.4, -0.2) is 0 Å². The third-order valence-corrected chi connectivity index (χ3v) is 10.8. The molecule has 0 nitrogen and oxygen atoms in total. The zero-order chi connectivity index (χ0) is 30.6. The van der Waals surface area contributed by atoms with Crippen LogP contribution in [0.5, 0.6) is 0 Å². The molecule has 7 aromatic carbocycles. The van der Waals surface area contributed by atoms with E-state index in [1.807, 2.05) is 12.2 Å². The second kappa shape index (κ2) is 12.7. The van der Waals surface area contributed by atoms with Gasteiger partial charge in [0.15, 0.2) is 0 Å². The van der Waals surface area contributed by atoms with Crippen LogP contribution in [0.15, 0.2) is 194 Å². The number of fused-ring (bicyclic) bond motifs is 2. The van der Waals surface area contributed by atoms with Crippen LogP contribution in [0, 0.1) is 0 Å². The predicted molar refractivity (Wildman–Crippen MR) is 199 cm³/mol. The number of allylic oxidation sites excluding steroid dienone is 4. The maximum absolute atomic E-state index is 4.14. The van der Waals surface area contributed by atoms with E-state index in [-0.39, 0.29) is 0 Å². The first-order valence-corrected chi connectivity index (χ1v) is 16.6. The van der Waals surface area contributed by atoms with Gasteiger partial charge in [-0.25, -0.2) is 0 Å². The van der Waals surface area contributed by atoms with Crippen molar-refractivity contribution in [2.45, 2.75) is 0 Å². The molecule has 45 heavy (non-hydrogen) atoms. The van der Waals surface area contributed by atoms with Crippen molar-refractivity contribution in [3.8, 4) is 33.4 Å². The van der Waals surface area contributed by atoms with Crippen molar-refractivity contribution in [1.29, 1.82) is 0 Å². The highest BCUT2D eigenvalue weighted by atomic mass is 31.1. The fraction of sp³-hybridized carbons (Fsp3) is 0. The Balaban J connectivity index is 1.34. The van der Waals surface area contributed by atoms with Crippen molar-refractivity contribution in [2.75, 3.05) is 0 Å². The molecule has 0 fully saturated rings. The minimum Gasteiger partial charge on any atom is -0.0990 e. The average molecular weight is 593 g/mol. The molecule has 0 amide bonds. The predicted octanol–water partition coefficient (Wildman–Crippen LogP) is 11.7. The molecule has 0 aliphatic heterocycles. The van der Waals surface area contributed by atoms with Crippen molar-refractivity contribution in [2.24, 2.45) is 0 Å². The van der Waals surface area contributed by atoms with Gasteiger partial charge < -0.3 is 0 Å². The van der Waals surface area contributed by atoms with Gasteiger partial charge in [-0.15, -0.1) is 0 Å². The van der Waals surface area contributed by atoms with Gasteiger partial charge >= 0.3 is 0 Å². The normalized spacial score (nSPS) is 12.2. The highest BCUT2D eigenvalue weighted by molar-refractivity contribution is 7.77. The first-order valence-electron chi connectivity index (χ1n) is 15.3. The number of hydrogen-bond donors (Lipinski definition) is 0. The van der Waals surface area contributed by atoms with Crippen LogP contribution < -0.4 is 10.6 Å². The fourth-order valence-corrected chi connectivity index (χ4v) is 8.69. The first-order chi connectivity index (χ1) is 22.3. The largest absolute Gasteiger partial charge is 0.0990 e. The van der Waals surface area contributed by atoms with Crippen molar-refractivity contribution < 1.29 is 0 Å². The highest BCUT2D eigenvalue weighted by Gasteiger charge is 2.18. The lowest BCUT2D eigenvalue weighted by molar-refractivity contribution is 1.62. The van der Waals surface area contributed by atoms with E-state index < -0.39 is 7.92 Å². The lowest BCUT2D eigenvalue weighted by Crippen LogP contribution is -2.12. The molecular formula is C44H33P.